The van der Waals surface area contributed by atoms with E-state index in [9.17, 15) is 8.78 Å². The van der Waals surface area contributed by atoms with Crippen LogP contribution in [0.25, 0.3) is 0 Å². The van der Waals surface area contributed by atoms with Crippen molar-refractivity contribution in [1.82, 2.24) is 9.88 Å². The van der Waals surface area contributed by atoms with Crippen LogP contribution in [0.4, 0.5) is 14.6 Å². The van der Waals surface area contributed by atoms with E-state index in [0.29, 0.717) is 23.6 Å². The predicted octanol–water partition coefficient (Wildman–Crippen LogP) is 2.56. The van der Waals surface area contributed by atoms with E-state index >= 15 is 0 Å². The molecule has 0 spiro atoms. The maximum Gasteiger partial charge on any atom is 0.497 e. The van der Waals surface area contributed by atoms with Gasteiger partial charge in [-0.3, -0.25) is 4.90 Å². The van der Waals surface area contributed by atoms with Crippen molar-refractivity contribution >= 4 is 18.4 Å². The lowest BCUT2D eigenvalue weighted by atomic mass is 9.75. The molecule has 1 aliphatic heterocycles. The van der Waals surface area contributed by atoms with E-state index in [1.807, 2.05) is 46.7 Å². The smallest absolute Gasteiger partial charge is 0.399 e. The van der Waals surface area contributed by atoms with E-state index in [0.717, 1.165) is 0 Å². The van der Waals surface area contributed by atoms with Gasteiger partial charge in [-0.2, -0.15) is 0 Å². The number of pyridine rings is 1. The van der Waals surface area contributed by atoms with Crippen molar-refractivity contribution < 1.29 is 18.1 Å². The van der Waals surface area contributed by atoms with Crippen LogP contribution in [0.2, 0.25) is 0 Å². The summed E-state index contributed by atoms with van der Waals surface area (Å²) in [4.78, 5) is 6.29. The summed E-state index contributed by atoms with van der Waals surface area (Å²) in [5, 5.41) is 3.03. The molecule has 1 aromatic heterocycles. The van der Waals surface area contributed by atoms with Gasteiger partial charge in [-0.25, -0.2) is 13.8 Å². The number of alkyl halides is 2. The molecule has 1 fully saturated rings. The lowest BCUT2D eigenvalue weighted by molar-refractivity contribution is 0.00578. The lowest BCUT2D eigenvalue weighted by Gasteiger charge is -2.32. The number of hydrogen-bond donors (Lipinski definition) is 1. The number of aromatic nitrogens is 1. The molecule has 5 nitrogen and oxygen atoms in total. The maximum atomic E-state index is 13.6. The molecule has 134 valence electrons. The monoisotopic (exact) mass is 341 g/mol. The molecule has 0 saturated carbocycles. The van der Waals surface area contributed by atoms with Crippen molar-refractivity contribution in [2.75, 3.05) is 26.1 Å². The SMILES string of the molecule is Cc1nc(NCN(C)C)cc(C(F)F)c1B1OC(C)(C)C(C)(C)O1. The number of aryl methyl sites for hydroxylation is 1. The fraction of sp³-hybridized carbons (Fsp3) is 0.688. The molecule has 0 bridgehead atoms. The first-order valence-corrected chi connectivity index (χ1v) is 7.98. The summed E-state index contributed by atoms with van der Waals surface area (Å²) in [5.74, 6) is 0.414. The van der Waals surface area contributed by atoms with Crippen LogP contribution < -0.4 is 10.8 Å². The number of rotatable bonds is 5. The summed E-state index contributed by atoms with van der Waals surface area (Å²) in [6, 6.07) is 1.38. The number of hydrogen-bond acceptors (Lipinski definition) is 5. The highest BCUT2D eigenvalue weighted by molar-refractivity contribution is 6.63. The van der Waals surface area contributed by atoms with Crippen LogP contribution in [-0.2, 0) is 9.31 Å². The Balaban J connectivity index is 2.40. The highest BCUT2D eigenvalue weighted by atomic mass is 19.3. The maximum absolute atomic E-state index is 13.6. The molecule has 1 saturated heterocycles. The number of halogens is 2. The zero-order chi connectivity index (χ0) is 18.3. The average molecular weight is 341 g/mol. The van der Waals surface area contributed by atoms with E-state index in [4.69, 9.17) is 9.31 Å². The fourth-order valence-electron chi connectivity index (χ4n) is 2.48. The Hall–Kier alpha value is -1.25. The molecule has 2 heterocycles. The van der Waals surface area contributed by atoms with Gasteiger partial charge in [-0.05, 0) is 54.8 Å². The fourth-order valence-corrected chi connectivity index (χ4v) is 2.48. The quantitative estimate of drug-likeness (QED) is 0.659. The summed E-state index contributed by atoms with van der Waals surface area (Å²) in [6.45, 7) is 9.78. The predicted molar refractivity (Wildman–Crippen MR) is 91.8 cm³/mol. The number of nitrogens with zero attached hydrogens (tertiary/aromatic N) is 2. The minimum absolute atomic E-state index is 0.109. The van der Waals surface area contributed by atoms with Gasteiger partial charge in [0.25, 0.3) is 6.43 Å². The molecule has 1 aliphatic rings. The first kappa shape index (κ1) is 19.1. The van der Waals surface area contributed by atoms with Gasteiger partial charge < -0.3 is 14.6 Å². The number of anilines is 1. The van der Waals surface area contributed by atoms with Crippen LogP contribution >= 0.6 is 0 Å². The average Bonchev–Trinajstić information content (AvgIpc) is 2.63. The third-order valence-corrected chi connectivity index (χ3v) is 4.58. The van der Waals surface area contributed by atoms with Crippen molar-refractivity contribution in [3.05, 3.63) is 17.3 Å². The number of nitrogens with one attached hydrogen (secondary N) is 1. The topological polar surface area (TPSA) is 46.6 Å². The van der Waals surface area contributed by atoms with Gasteiger partial charge in [0.15, 0.2) is 0 Å². The molecule has 1 N–H and O–H groups in total. The second kappa shape index (κ2) is 6.57. The highest BCUT2D eigenvalue weighted by Gasteiger charge is 2.53. The Morgan fingerprint density at radius 3 is 2.21 bits per heavy atom. The second-order valence-electron chi connectivity index (χ2n) is 7.40. The van der Waals surface area contributed by atoms with Gasteiger partial charge in [-0.1, -0.05) is 0 Å². The molecule has 0 amide bonds. The van der Waals surface area contributed by atoms with Crippen molar-refractivity contribution in [2.24, 2.45) is 0 Å². The molecule has 0 aliphatic carbocycles. The van der Waals surface area contributed by atoms with Crippen LogP contribution in [0.5, 0.6) is 0 Å². The van der Waals surface area contributed by atoms with Gasteiger partial charge in [0, 0.05) is 16.7 Å². The van der Waals surface area contributed by atoms with Crippen LogP contribution in [0, 0.1) is 6.92 Å². The first-order valence-electron chi connectivity index (χ1n) is 7.98. The van der Waals surface area contributed by atoms with Crippen LogP contribution in [0.3, 0.4) is 0 Å². The largest absolute Gasteiger partial charge is 0.497 e. The summed E-state index contributed by atoms with van der Waals surface area (Å²) in [6.07, 6.45) is -2.64. The normalized spacial score (nSPS) is 19.4. The lowest BCUT2D eigenvalue weighted by Crippen LogP contribution is -2.41. The third kappa shape index (κ3) is 3.71. The van der Waals surface area contributed by atoms with Crippen molar-refractivity contribution in [3.8, 4) is 0 Å². The Morgan fingerprint density at radius 1 is 1.21 bits per heavy atom. The standard InChI is InChI=1S/C16H26BF2N3O2/c1-10-13(17-23-15(2,3)16(4,5)24-17)11(14(18)19)8-12(21-10)20-9-22(6)7/h8,14H,9H2,1-7H3,(H,20,21). The van der Waals surface area contributed by atoms with E-state index in [1.165, 1.54) is 6.07 Å². The molecule has 0 radical (unpaired) electrons. The molecular formula is C16H26BF2N3O2. The Kier molecular flexibility index (Phi) is 5.23. The molecule has 2 rings (SSSR count). The first-order chi connectivity index (χ1) is 10.9. The summed E-state index contributed by atoms with van der Waals surface area (Å²) >= 11 is 0. The molecule has 0 unspecified atom stereocenters. The Bertz CT molecular complexity index is 593. The highest BCUT2D eigenvalue weighted by Crippen LogP contribution is 2.37. The van der Waals surface area contributed by atoms with Crippen molar-refractivity contribution in [2.45, 2.75) is 52.2 Å². The second-order valence-corrected chi connectivity index (χ2v) is 7.40. The molecule has 0 atom stereocenters. The zero-order valence-electron chi connectivity index (χ0n) is 15.4. The van der Waals surface area contributed by atoms with E-state index in [2.05, 4.69) is 10.3 Å². The third-order valence-electron chi connectivity index (χ3n) is 4.58. The molecule has 1 aromatic rings. The summed E-state index contributed by atoms with van der Waals surface area (Å²) in [7, 11) is 2.91. The molecule has 0 aromatic carbocycles. The Labute approximate surface area is 142 Å². The van der Waals surface area contributed by atoms with Gasteiger partial charge in [0.05, 0.1) is 17.9 Å². The zero-order valence-corrected chi connectivity index (χ0v) is 15.4. The van der Waals surface area contributed by atoms with E-state index < -0.39 is 24.7 Å². The van der Waals surface area contributed by atoms with Crippen molar-refractivity contribution in [1.29, 1.82) is 0 Å². The molecule has 24 heavy (non-hydrogen) atoms. The van der Waals surface area contributed by atoms with Crippen LogP contribution in [0.1, 0.15) is 45.4 Å². The summed E-state index contributed by atoms with van der Waals surface area (Å²) < 4.78 is 39.2. The van der Waals surface area contributed by atoms with Gasteiger partial charge in [0.2, 0.25) is 0 Å². The van der Waals surface area contributed by atoms with E-state index in [-0.39, 0.29) is 5.56 Å². The Morgan fingerprint density at radius 2 is 1.75 bits per heavy atom. The van der Waals surface area contributed by atoms with Gasteiger partial charge in [-0.15, -0.1) is 0 Å². The van der Waals surface area contributed by atoms with Gasteiger partial charge in [0.1, 0.15) is 5.82 Å². The van der Waals surface area contributed by atoms with E-state index in [1.54, 1.807) is 6.92 Å². The molecule has 8 heteroatoms. The van der Waals surface area contributed by atoms with Gasteiger partial charge >= 0.3 is 7.12 Å². The van der Waals surface area contributed by atoms with Crippen LogP contribution in [0.15, 0.2) is 6.07 Å². The van der Waals surface area contributed by atoms with Crippen LogP contribution in [-0.4, -0.2) is 49.0 Å². The molecular weight excluding hydrogens is 315 g/mol. The minimum Gasteiger partial charge on any atom is -0.399 e. The minimum atomic E-state index is -2.64. The van der Waals surface area contributed by atoms with Crippen molar-refractivity contribution in [3.63, 3.8) is 0 Å². The summed E-state index contributed by atoms with van der Waals surface area (Å²) in [5.41, 5.74) is -0.495.